The number of amides is 1. The number of hydrogen-bond donors (Lipinski definition) is 3. The maximum absolute atomic E-state index is 12.7. The van der Waals surface area contributed by atoms with Gasteiger partial charge in [-0.05, 0) is 67.4 Å². The number of hydrogen-bond acceptors (Lipinski definition) is 5. The Morgan fingerprint density at radius 2 is 1.59 bits per heavy atom. The molecule has 6 atom stereocenters. The molecular formula is C30H39N3O4. The number of fused-ring (bicyclic) bond motifs is 6. The van der Waals surface area contributed by atoms with Gasteiger partial charge in [-0.25, -0.2) is 0 Å². The lowest BCUT2D eigenvalue weighted by atomic mass is 9.84. The molecule has 2 saturated carbocycles. The molecule has 3 heterocycles. The Bertz CT molecular complexity index is 1180. The highest BCUT2D eigenvalue weighted by molar-refractivity contribution is 6.01. The quantitative estimate of drug-likeness (QED) is 0.573. The van der Waals surface area contributed by atoms with Crippen molar-refractivity contribution in [2.75, 3.05) is 24.5 Å². The molecule has 1 aromatic heterocycles. The Balaban J connectivity index is 1.00. The summed E-state index contributed by atoms with van der Waals surface area (Å²) in [5.74, 6) is 1.87. The van der Waals surface area contributed by atoms with Gasteiger partial charge < -0.3 is 25.1 Å². The molecule has 37 heavy (non-hydrogen) atoms. The first-order valence-electron chi connectivity index (χ1n) is 14.4. The van der Waals surface area contributed by atoms with Crippen LogP contribution in [0.2, 0.25) is 0 Å². The molecule has 0 radical (unpaired) electrons. The highest BCUT2D eigenvalue weighted by atomic mass is 16.3. The number of anilines is 1. The van der Waals surface area contributed by atoms with E-state index in [9.17, 15) is 20.1 Å². The Labute approximate surface area is 218 Å². The molecule has 1 amide bonds. The first kappa shape index (κ1) is 23.6. The fourth-order valence-electron chi connectivity index (χ4n) is 8.64. The number of nitrogens with zero attached hydrogens (tertiary/aromatic N) is 3. The van der Waals surface area contributed by atoms with E-state index in [1.165, 1.54) is 12.8 Å². The van der Waals surface area contributed by atoms with E-state index >= 15 is 0 Å². The predicted molar refractivity (Wildman–Crippen MR) is 141 cm³/mol. The van der Waals surface area contributed by atoms with Crippen LogP contribution >= 0.6 is 0 Å². The number of rotatable bonds is 5. The van der Waals surface area contributed by atoms with Gasteiger partial charge in [-0.1, -0.05) is 31.5 Å². The molecule has 3 aliphatic carbocycles. The van der Waals surface area contributed by atoms with Crippen LogP contribution in [0.15, 0.2) is 24.3 Å². The minimum Gasteiger partial charge on any atom is -0.494 e. The molecule has 1 saturated heterocycles. The lowest BCUT2D eigenvalue weighted by molar-refractivity contribution is -0.118. The molecule has 2 aromatic rings. The smallest absolute Gasteiger partial charge is 0.231 e. The number of aromatic nitrogens is 1. The number of piperidine rings is 1. The summed E-state index contributed by atoms with van der Waals surface area (Å²) in [5.41, 5.74) is 3.97. The summed E-state index contributed by atoms with van der Waals surface area (Å²) in [7, 11) is 0. The van der Waals surface area contributed by atoms with Gasteiger partial charge >= 0.3 is 0 Å². The fourth-order valence-corrected chi connectivity index (χ4v) is 8.64. The van der Waals surface area contributed by atoms with Crippen molar-refractivity contribution in [3.63, 3.8) is 0 Å². The second kappa shape index (κ2) is 8.77. The highest BCUT2D eigenvalue weighted by Crippen LogP contribution is 2.62. The van der Waals surface area contributed by atoms with E-state index in [4.69, 9.17) is 0 Å². The molecule has 2 bridgehead atoms. The molecule has 198 valence electrons. The largest absolute Gasteiger partial charge is 0.494 e. The van der Waals surface area contributed by atoms with Crippen molar-refractivity contribution >= 4 is 11.6 Å². The minimum absolute atomic E-state index is 0.0442. The summed E-state index contributed by atoms with van der Waals surface area (Å²) in [6.45, 7) is 5.77. The Morgan fingerprint density at radius 3 is 2.35 bits per heavy atom. The molecule has 7 rings (SSSR count). The van der Waals surface area contributed by atoms with Gasteiger partial charge in [0.15, 0.2) is 11.8 Å². The van der Waals surface area contributed by atoms with Crippen LogP contribution < -0.4 is 4.90 Å². The van der Waals surface area contributed by atoms with Crippen LogP contribution in [0.1, 0.15) is 74.0 Å². The second-order valence-electron chi connectivity index (χ2n) is 12.4. The van der Waals surface area contributed by atoms with Crippen molar-refractivity contribution in [1.29, 1.82) is 0 Å². The first-order chi connectivity index (χ1) is 17.9. The van der Waals surface area contributed by atoms with E-state index < -0.39 is 6.10 Å². The number of benzene rings is 1. The Hall–Kier alpha value is -2.51. The van der Waals surface area contributed by atoms with Gasteiger partial charge in [0.2, 0.25) is 5.91 Å². The third-order valence-corrected chi connectivity index (χ3v) is 10.6. The zero-order valence-corrected chi connectivity index (χ0v) is 21.7. The van der Waals surface area contributed by atoms with Crippen LogP contribution in [0.4, 0.5) is 5.69 Å². The van der Waals surface area contributed by atoms with Gasteiger partial charge in [-0.3, -0.25) is 9.36 Å². The topological polar surface area (TPSA) is 89.2 Å². The number of carbonyl (C=O) groups excluding carboxylic acids is 1. The average Bonchev–Trinajstić information content (AvgIpc) is 3.68. The van der Waals surface area contributed by atoms with Crippen molar-refractivity contribution in [1.82, 2.24) is 9.47 Å². The third kappa shape index (κ3) is 3.57. The number of aromatic hydroxyl groups is 2. The monoisotopic (exact) mass is 505 g/mol. The van der Waals surface area contributed by atoms with E-state index in [2.05, 4.69) is 28.9 Å². The third-order valence-electron chi connectivity index (χ3n) is 10.6. The number of aliphatic hydroxyl groups excluding tert-OH is 1. The van der Waals surface area contributed by atoms with Gasteiger partial charge in [0.1, 0.15) is 0 Å². The second-order valence-corrected chi connectivity index (χ2v) is 12.4. The van der Waals surface area contributed by atoms with Gasteiger partial charge in [-0.15, -0.1) is 0 Å². The number of likely N-dealkylation sites (tertiary alicyclic amines) is 1. The van der Waals surface area contributed by atoms with Crippen LogP contribution in [0.5, 0.6) is 11.8 Å². The zero-order chi connectivity index (χ0) is 25.4. The Kier molecular flexibility index (Phi) is 5.59. The maximum atomic E-state index is 12.7. The molecule has 0 spiro atoms. The predicted octanol–water partition coefficient (Wildman–Crippen LogP) is 3.95. The molecule has 3 fully saturated rings. The van der Waals surface area contributed by atoms with Gasteiger partial charge in [0, 0.05) is 55.0 Å². The summed E-state index contributed by atoms with van der Waals surface area (Å²) in [6, 6.07) is 8.50. The van der Waals surface area contributed by atoms with Crippen LogP contribution in [-0.2, 0) is 17.8 Å². The molecule has 3 N–H and O–H groups in total. The van der Waals surface area contributed by atoms with E-state index in [1.54, 1.807) is 4.57 Å². The average molecular weight is 506 g/mol. The van der Waals surface area contributed by atoms with Crippen LogP contribution in [0.3, 0.4) is 0 Å². The van der Waals surface area contributed by atoms with E-state index in [0.717, 1.165) is 67.7 Å². The van der Waals surface area contributed by atoms with Crippen molar-refractivity contribution in [2.24, 2.45) is 17.8 Å². The zero-order valence-electron chi connectivity index (χ0n) is 21.7. The molecular weight excluding hydrogens is 466 g/mol. The van der Waals surface area contributed by atoms with Gasteiger partial charge in [-0.2, -0.15) is 0 Å². The van der Waals surface area contributed by atoms with E-state index in [0.29, 0.717) is 24.8 Å². The van der Waals surface area contributed by atoms with Gasteiger partial charge in [0.25, 0.3) is 0 Å². The van der Waals surface area contributed by atoms with Crippen LogP contribution in [0.25, 0.3) is 0 Å². The van der Waals surface area contributed by atoms with E-state index in [1.807, 2.05) is 12.1 Å². The summed E-state index contributed by atoms with van der Waals surface area (Å²) in [4.78, 5) is 17.4. The van der Waals surface area contributed by atoms with Crippen LogP contribution in [-0.4, -0.2) is 62.5 Å². The first-order valence-corrected chi connectivity index (χ1v) is 14.4. The number of para-hydroxylation sites is 1. The molecule has 2 aliphatic heterocycles. The summed E-state index contributed by atoms with van der Waals surface area (Å²) < 4.78 is 1.75. The fraction of sp³-hybridized carbons (Fsp3) is 0.633. The normalized spacial score (nSPS) is 33.5. The number of carbonyl (C=O) groups is 1. The van der Waals surface area contributed by atoms with E-state index in [-0.39, 0.29) is 41.5 Å². The summed E-state index contributed by atoms with van der Waals surface area (Å²) in [6.07, 6.45) is 6.45. The van der Waals surface area contributed by atoms with Crippen molar-refractivity contribution in [3.05, 3.63) is 41.0 Å². The summed E-state index contributed by atoms with van der Waals surface area (Å²) >= 11 is 0. The lowest BCUT2D eigenvalue weighted by Gasteiger charge is -2.38. The SMILES string of the molecule is CC1C2CC(c3c2c(O)n(C[C@H]2CCC[C@@H]2CN2CCC(N4C(=O)Cc5ccccc54)CC2)c3O)C1O. The molecule has 7 heteroatoms. The van der Waals surface area contributed by atoms with Crippen molar-refractivity contribution < 1.29 is 20.1 Å². The van der Waals surface area contributed by atoms with Crippen molar-refractivity contribution in [3.8, 4) is 11.8 Å². The van der Waals surface area contributed by atoms with Gasteiger partial charge in [0.05, 0.1) is 12.5 Å². The molecule has 7 nitrogen and oxygen atoms in total. The Morgan fingerprint density at radius 1 is 0.919 bits per heavy atom. The highest BCUT2D eigenvalue weighted by Gasteiger charge is 2.53. The number of aliphatic hydroxyl groups is 1. The molecule has 1 aromatic carbocycles. The van der Waals surface area contributed by atoms with Crippen molar-refractivity contribution in [2.45, 2.75) is 82.4 Å². The van der Waals surface area contributed by atoms with Crippen LogP contribution in [0, 0.1) is 17.8 Å². The molecule has 5 aliphatic rings. The maximum Gasteiger partial charge on any atom is 0.231 e. The summed E-state index contributed by atoms with van der Waals surface area (Å²) in [5, 5.41) is 32.8. The standard InChI is InChI=1S/C30H39N3O4/c1-17-22-14-23(28(17)35)27-26(22)29(36)32(30(27)37)16-20-7-4-6-19(20)15-31-11-9-21(10-12-31)33-24-8-3-2-5-18(24)13-25(33)34/h2-3,5,8,17,19-23,28,35-37H,4,6-7,9-16H2,1H3/t17?,19-,20-,22?,23?,28?/m1/s1. The molecule has 4 unspecified atom stereocenters. The minimum atomic E-state index is -0.426. The lowest BCUT2D eigenvalue weighted by Crippen LogP contribution is -2.47.